The summed E-state index contributed by atoms with van der Waals surface area (Å²) in [7, 11) is 0. The second-order valence-corrected chi connectivity index (χ2v) is 5.66. The van der Waals surface area contributed by atoms with E-state index in [1.54, 1.807) is 12.3 Å². The van der Waals surface area contributed by atoms with Crippen LogP contribution in [0.2, 0.25) is 0 Å². The van der Waals surface area contributed by atoms with E-state index in [9.17, 15) is 4.79 Å². The van der Waals surface area contributed by atoms with Gasteiger partial charge in [0.1, 0.15) is 5.76 Å². The number of rotatable bonds is 4. The molecular weight excluding hydrogens is 278 g/mol. The molecule has 116 valence electrons. The van der Waals surface area contributed by atoms with Crippen molar-refractivity contribution in [3.05, 3.63) is 59.5 Å². The maximum atomic E-state index is 12.5. The Kier molecular flexibility index (Phi) is 4.59. The van der Waals surface area contributed by atoms with E-state index in [-0.39, 0.29) is 12.0 Å². The molecule has 1 aliphatic heterocycles. The lowest BCUT2D eigenvalue weighted by molar-refractivity contribution is -0.0246. The molecule has 0 aliphatic carbocycles. The van der Waals surface area contributed by atoms with E-state index in [0.717, 1.165) is 12.8 Å². The number of ether oxygens (including phenoxy) is 1. The Balaban J connectivity index is 1.57. The standard InChI is InChI=1S/C18H21NO3/c1-14-17(9-11-21-14)18(20)19-10-12-22-16(13-19)8-7-15-5-3-2-4-6-15/h2-6,9,11,16H,7-8,10,12-13H2,1H3/t16-/m1/s1. The first kappa shape index (κ1) is 14.9. The molecule has 1 aromatic carbocycles. The third-order valence-corrected chi connectivity index (χ3v) is 4.11. The monoisotopic (exact) mass is 299 g/mol. The summed E-state index contributed by atoms with van der Waals surface area (Å²) in [6.07, 6.45) is 3.57. The van der Waals surface area contributed by atoms with E-state index in [1.165, 1.54) is 5.56 Å². The molecular formula is C18H21NO3. The maximum Gasteiger partial charge on any atom is 0.257 e. The number of amides is 1. The van der Waals surface area contributed by atoms with Gasteiger partial charge in [0.2, 0.25) is 0 Å². The molecule has 4 heteroatoms. The quantitative estimate of drug-likeness (QED) is 0.871. The molecule has 4 nitrogen and oxygen atoms in total. The molecule has 22 heavy (non-hydrogen) atoms. The van der Waals surface area contributed by atoms with Crippen LogP contribution < -0.4 is 0 Å². The summed E-state index contributed by atoms with van der Waals surface area (Å²) < 4.78 is 11.0. The Morgan fingerprint density at radius 1 is 1.27 bits per heavy atom. The van der Waals surface area contributed by atoms with Gasteiger partial charge in [-0.1, -0.05) is 30.3 Å². The normalized spacial score (nSPS) is 18.4. The molecule has 1 amide bonds. The smallest absolute Gasteiger partial charge is 0.257 e. The molecule has 1 aliphatic rings. The molecule has 0 spiro atoms. The SMILES string of the molecule is Cc1occc1C(=O)N1CCO[C@H](CCc2ccccc2)C1. The summed E-state index contributed by atoms with van der Waals surface area (Å²) in [6, 6.07) is 12.1. The predicted molar refractivity (Wildman–Crippen MR) is 83.9 cm³/mol. The second kappa shape index (κ2) is 6.79. The number of aryl methyl sites for hydroxylation is 2. The summed E-state index contributed by atoms with van der Waals surface area (Å²) in [5.74, 6) is 0.719. The number of morpholine rings is 1. The molecule has 0 N–H and O–H groups in total. The summed E-state index contributed by atoms with van der Waals surface area (Å²) in [4.78, 5) is 14.4. The van der Waals surface area contributed by atoms with Crippen molar-refractivity contribution in [3.8, 4) is 0 Å². The van der Waals surface area contributed by atoms with Crippen LogP contribution in [-0.4, -0.2) is 36.6 Å². The van der Waals surface area contributed by atoms with Crippen molar-refractivity contribution >= 4 is 5.91 Å². The van der Waals surface area contributed by atoms with E-state index < -0.39 is 0 Å². The molecule has 0 radical (unpaired) electrons. The van der Waals surface area contributed by atoms with Gasteiger partial charge in [0.15, 0.2) is 0 Å². The highest BCUT2D eigenvalue weighted by Gasteiger charge is 2.26. The van der Waals surface area contributed by atoms with Crippen molar-refractivity contribution in [1.82, 2.24) is 4.90 Å². The van der Waals surface area contributed by atoms with Gasteiger partial charge in [-0.15, -0.1) is 0 Å². The third-order valence-electron chi connectivity index (χ3n) is 4.11. The van der Waals surface area contributed by atoms with Crippen LogP contribution in [0.3, 0.4) is 0 Å². The van der Waals surface area contributed by atoms with Crippen molar-refractivity contribution in [2.24, 2.45) is 0 Å². The van der Waals surface area contributed by atoms with Gasteiger partial charge in [0.25, 0.3) is 5.91 Å². The molecule has 1 atom stereocenters. The van der Waals surface area contributed by atoms with E-state index in [1.807, 2.05) is 17.9 Å². The Morgan fingerprint density at radius 2 is 2.09 bits per heavy atom. The summed E-state index contributed by atoms with van der Waals surface area (Å²) in [5.41, 5.74) is 1.96. The molecule has 3 rings (SSSR count). The largest absolute Gasteiger partial charge is 0.469 e. The van der Waals surface area contributed by atoms with Crippen molar-refractivity contribution in [2.75, 3.05) is 19.7 Å². The van der Waals surface area contributed by atoms with E-state index in [0.29, 0.717) is 31.0 Å². The van der Waals surface area contributed by atoms with Crippen LogP contribution in [0, 0.1) is 6.92 Å². The van der Waals surface area contributed by atoms with E-state index in [2.05, 4.69) is 24.3 Å². The number of benzene rings is 1. The number of nitrogens with zero attached hydrogens (tertiary/aromatic N) is 1. The van der Waals surface area contributed by atoms with Gasteiger partial charge in [0.05, 0.1) is 24.5 Å². The first-order valence-electron chi connectivity index (χ1n) is 7.73. The van der Waals surface area contributed by atoms with Crippen molar-refractivity contribution < 1.29 is 13.9 Å². The van der Waals surface area contributed by atoms with Gasteiger partial charge in [-0.05, 0) is 31.4 Å². The van der Waals surface area contributed by atoms with Crippen LogP contribution >= 0.6 is 0 Å². The van der Waals surface area contributed by atoms with Gasteiger partial charge in [-0.3, -0.25) is 4.79 Å². The zero-order chi connectivity index (χ0) is 15.4. The lowest BCUT2D eigenvalue weighted by Crippen LogP contribution is -2.45. The number of hydrogen-bond acceptors (Lipinski definition) is 3. The first-order valence-corrected chi connectivity index (χ1v) is 7.73. The molecule has 1 aromatic heterocycles. The average molecular weight is 299 g/mol. The minimum absolute atomic E-state index is 0.0410. The lowest BCUT2D eigenvalue weighted by Gasteiger charge is -2.33. The Bertz CT molecular complexity index is 620. The average Bonchev–Trinajstić information content (AvgIpc) is 2.99. The third kappa shape index (κ3) is 3.39. The van der Waals surface area contributed by atoms with Gasteiger partial charge in [-0.25, -0.2) is 0 Å². The number of hydrogen-bond donors (Lipinski definition) is 0. The highest BCUT2D eigenvalue weighted by molar-refractivity contribution is 5.95. The van der Waals surface area contributed by atoms with Crippen molar-refractivity contribution in [1.29, 1.82) is 0 Å². The number of carbonyl (C=O) groups is 1. The predicted octanol–water partition coefficient (Wildman–Crippen LogP) is 3.06. The fraction of sp³-hybridized carbons (Fsp3) is 0.389. The molecule has 0 bridgehead atoms. The van der Waals surface area contributed by atoms with Gasteiger partial charge < -0.3 is 14.1 Å². The minimum atomic E-state index is 0.0410. The molecule has 0 saturated carbocycles. The van der Waals surface area contributed by atoms with Crippen LogP contribution in [-0.2, 0) is 11.2 Å². The minimum Gasteiger partial charge on any atom is -0.469 e. The Labute approximate surface area is 130 Å². The van der Waals surface area contributed by atoms with E-state index in [4.69, 9.17) is 9.15 Å². The summed E-state index contributed by atoms with van der Waals surface area (Å²) in [5, 5.41) is 0. The van der Waals surface area contributed by atoms with Crippen LogP contribution in [0.15, 0.2) is 47.1 Å². The Hall–Kier alpha value is -2.07. The highest BCUT2D eigenvalue weighted by atomic mass is 16.5. The second-order valence-electron chi connectivity index (χ2n) is 5.66. The lowest BCUT2D eigenvalue weighted by atomic mass is 10.1. The number of furan rings is 1. The Morgan fingerprint density at radius 3 is 2.82 bits per heavy atom. The van der Waals surface area contributed by atoms with Crippen LogP contribution in [0.25, 0.3) is 0 Å². The molecule has 0 unspecified atom stereocenters. The molecule has 1 fully saturated rings. The zero-order valence-electron chi connectivity index (χ0n) is 12.8. The number of carbonyl (C=O) groups excluding carboxylic acids is 1. The van der Waals surface area contributed by atoms with Crippen LogP contribution in [0.1, 0.15) is 28.1 Å². The van der Waals surface area contributed by atoms with Gasteiger partial charge in [0, 0.05) is 13.1 Å². The maximum absolute atomic E-state index is 12.5. The van der Waals surface area contributed by atoms with Crippen molar-refractivity contribution in [2.45, 2.75) is 25.9 Å². The molecule has 1 saturated heterocycles. The zero-order valence-corrected chi connectivity index (χ0v) is 12.8. The van der Waals surface area contributed by atoms with Crippen LogP contribution in [0.5, 0.6) is 0 Å². The highest BCUT2D eigenvalue weighted by Crippen LogP contribution is 2.17. The molecule has 2 aromatic rings. The summed E-state index contributed by atoms with van der Waals surface area (Å²) >= 11 is 0. The summed E-state index contributed by atoms with van der Waals surface area (Å²) in [6.45, 7) is 3.71. The fourth-order valence-electron chi connectivity index (χ4n) is 2.83. The fourth-order valence-corrected chi connectivity index (χ4v) is 2.83. The molecule has 2 heterocycles. The van der Waals surface area contributed by atoms with Crippen molar-refractivity contribution in [3.63, 3.8) is 0 Å². The van der Waals surface area contributed by atoms with Crippen LogP contribution in [0.4, 0.5) is 0 Å². The topological polar surface area (TPSA) is 42.7 Å². The van der Waals surface area contributed by atoms with Gasteiger partial charge in [-0.2, -0.15) is 0 Å². The first-order chi connectivity index (χ1) is 10.7. The van der Waals surface area contributed by atoms with Gasteiger partial charge >= 0.3 is 0 Å². The van der Waals surface area contributed by atoms with E-state index >= 15 is 0 Å².